The summed E-state index contributed by atoms with van der Waals surface area (Å²) in [5.74, 6) is -1.15. The summed E-state index contributed by atoms with van der Waals surface area (Å²) in [5.41, 5.74) is 1.26. The van der Waals surface area contributed by atoms with Gasteiger partial charge in [-0.05, 0) is 30.5 Å². The Labute approximate surface area is 200 Å². The fourth-order valence-electron chi connectivity index (χ4n) is 4.55. The number of piperidine rings is 1. The van der Waals surface area contributed by atoms with Crippen LogP contribution in [-0.4, -0.2) is 67.7 Å². The minimum absolute atomic E-state index is 0.00857. The Bertz CT molecular complexity index is 1050. The van der Waals surface area contributed by atoms with Gasteiger partial charge in [0.1, 0.15) is 5.82 Å². The number of hydrogen-bond acceptors (Lipinski definition) is 4. The van der Waals surface area contributed by atoms with Crippen LogP contribution in [0.25, 0.3) is 0 Å². The van der Waals surface area contributed by atoms with Gasteiger partial charge in [-0.25, -0.2) is 17.1 Å². The highest BCUT2D eigenvalue weighted by Gasteiger charge is 2.34. The standard InChI is InChI=1S/C24H29ClFN3O3S/c25-22-7-4-8-23(26)21(22)18-33(31,32)29-11-9-20(10-12-29)24(30)28-15-13-27(14-16-28)17-19-5-2-1-3-6-19/h1-8,20H,9-18H2. The molecule has 0 unspecified atom stereocenters. The van der Waals surface area contributed by atoms with Gasteiger partial charge in [0.15, 0.2) is 0 Å². The second kappa shape index (κ2) is 10.5. The molecule has 0 spiro atoms. The number of piperazine rings is 1. The average molecular weight is 494 g/mol. The van der Waals surface area contributed by atoms with Crippen LogP contribution in [0.4, 0.5) is 4.39 Å². The van der Waals surface area contributed by atoms with Gasteiger partial charge >= 0.3 is 0 Å². The fraction of sp³-hybridized carbons (Fsp3) is 0.458. The lowest BCUT2D eigenvalue weighted by Crippen LogP contribution is -2.51. The van der Waals surface area contributed by atoms with E-state index in [9.17, 15) is 17.6 Å². The summed E-state index contributed by atoms with van der Waals surface area (Å²) in [5, 5.41) is 0.107. The van der Waals surface area contributed by atoms with E-state index in [2.05, 4.69) is 17.0 Å². The predicted octanol–water partition coefficient (Wildman–Crippen LogP) is 3.37. The molecule has 0 radical (unpaired) electrons. The van der Waals surface area contributed by atoms with Crippen LogP contribution in [0.3, 0.4) is 0 Å². The normalized spacial score (nSPS) is 19.0. The second-order valence-electron chi connectivity index (χ2n) is 8.72. The topological polar surface area (TPSA) is 60.9 Å². The summed E-state index contributed by atoms with van der Waals surface area (Å²) >= 11 is 6.00. The minimum Gasteiger partial charge on any atom is -0.340 e. The van der Waals surface area contributed by atoms with Crippen molar-refractivity contribution in [3.8, 4) is 0 Å². The largest absolute Gasteiger partial charge is 0.340 e. The molecule has 1 amide bonds. The lowest BCUT2D eigenvalue weighted by molar-refractivity contribution is -0.138. The zero-order valence-corrected chi connectivity index (χ0v) is 20.1. The van der Waals surface area contributed by atoms with E-state index in [4.69, 9.17) is 11.6 Å². The van der Waals surface area contributed by atoms with Crippen LogP contribution in [0.1, 0.15) is 24.0 Å². The Morgan fingerprint density at radius 1 is 0.939 bits per heavy atom. The average Bonchev–Trinajstić information content (AvgIpc) is 2.82. The zero-order chi connectivity index (χ0) is 23.4. The minimum atomic E-state index is -3.72. The molecule has 0 atom stereocenters. The van der Waals surface area contributed by atoms with Crippen molar-refractivity contribution in [2.45, 2.75) is 25.1 Å². The van der Waals surface area contributed by atoms with Crippen molar-refractivity contribution < 1.29 is 17.6 Å². The van der Waals surface area contributed by atoms with E-state index in [0.717, 1.165) is 19.6 Å². The molecule has 2 aliphatic rings. The molecule has 2 aromatic rings. The Hall–Kier alpha value is -2.00. The molecule has 4 rings (SSSR count). The maximum absolute atomic E-state index is 14.1. The van der Waals surface area contributed by atoms with Gasteiger partial charge < -0.3 is 4.90 Å². The van der Waals surface area contributed by atoms with Gasteiger partial charge in [-0.15, -0.1) is 0 Å². The van der Waals surface area contributed by atoms with E-state index >= 15 is 0 Å². The van der Waals surface area contributed by atoms with Crippen LogP contribution in [0.5, 0.6) is 0 Å². The molecule has 9 heteroatoms. The first-order valence-electron chi connectivity index (χ1n) is 11.3. The molecule has 0 aliphatic carbocycles. The van der Waals surface area contributed by atoms with Crippen LogP contribution in [-0.2, 0) is 27.1 Å². The molecule has 0 saturated carbocycles. The van der Waals surface area contributed by atoms with Crippen LogP contribution in [0, 0.1) is 11.7 Å². The molecule has 0 aromatic heterocycles. The van der Waals surface area contributed by atoms with Crippen molar-refractivity contribution in [2.75, 3.05) is 39.3 Å². The van der Waals surface area contributed by atoms with Crippen LogP contribution >= 0.6 is 11.6 Å². The lowest BCUT2D eigenvalue weighted by Gasteiger charge is -2.38. The van der Waals surface area contributed by atoms with E-state index in [1.165, 1.54) is 28.1 Å². The Morgan fingerprint density at radius 2 is 1.61 bits per heavy atom. The van der Waals surface area contributed by atoms with Gasteiger partial charge in [0.2, 0.25) is 15.9 Å². The van der Waals surface area contributed by atoms with E-state index < -0.39 is 21.6 Å². The Balaban J connectivity index is 1.27. The van der Waals surface area contributed by atoms with Crippen molar-refractivity contribution in [2.24, 2.45) is 5.92 Å². The predicted molar refractivity (Wildman–Crippen MR) is 127 cm³/mol. The SMILES string of the molecule is O=C(C1CCN(S(=O)(=O)Cc2c(F)cccc2Cl)CC1)N1CCN(Cc2ccccc2)CC1. The van der Waals surface area contributed by atoms with Gasteiger partial charge in [-0.3, -0.25) is 9.69 Å². The molecule has 2 aliphatic heterocycles. The van der Waals surface area contributed by atoms with E-state index in [-0.39, 0.29) is 35.5 Å². The maximum Gasteiger partial charge on any atom is 0.225 e. The van der Waals surface area contributed by atoms with Gasteiger partial charge in [0.25, 0.3) is 0 Å². The zero-order valence-electron chi connectivity index (χ0n) is 18.5. The molecule has 2 fully saturated rings. The summed E-state index contributed by atoms with van der Waals surface area (Å²) in [7, 11) is -3.72. The van der Waals surface area contributed by atoms with E-state index in [0.29, 0.717) is 25.9 Å². The summed E-state index contributed by atoms with van der Waals surface area (Å²) in [6.07, 6.45) is 0.959. The molecule has 178 valence electrons. The lowest BCUT2D eigenvalue weighted by atomic mass is 9.96. The summed E-state index contributed by atoms with van der Waals surface area (Å²) in [6.45, 7) is 4.45. The maximum atomic E-state index is 14.1. The van der Waals surface area contributed by atoms with Gasteiger partial charge in [0.05, 0.1) is 5.75 Å². The molecular formula is C24H29ClFN3O3S. The number of halogens is 2. The number of carbonyl (C=O) groups is 1. The smallest absolute Gasteiger partial charge is 0.225 e. The first kappa shape index (κ1) is 24.1. The molecule has 0 bridgehead atoms. The third-order valence-electron chi connectivity index (χ3n) is 6.52. The quantitative estimate of drug-likeness (QED) is 0.619. The monoisotopic (exact) mass is 493 g/mol. The number of rotatable bonds is 6. The highest BCUT2D eigenvalue weighted by molar-refractivity contribution is 7.88. The summed E-state index contributed by atoms with van der Waals surface area (Å²) in [6, 6.07) is 14.4. The van der Waals surface area contributed by atoms with Crippen molar-refractivity contribution in [3.63, 3.8) is 0 Å². The number of amides is 1. The molecule has 2 aromatic carbocycles. The molecule has 33 heavy (non-hydrogen) atoms. The van der Waals surface area contributed by atoms with Crippen molar-refractivity contribution in [1.29, 1.82) is 0 Å². The van der Waals surface area contributed by atoms with Gasteiger partial charge in [-0.2, -0.15) is 0 Å². The van der Waals surface area contributed by atoms with Crippen LogP contribution < -0.4 is 0 Å². The fourth-order valence-corrected chi connectivity index (χ4v) is 6.47. The molecule has 6 nitrogen and oxygen atoms in total. The molecule has 0 N–H and O–H groups in total. The Kier molecular flexibility index (Phi) is 7.69. The van der Waals surface area contributed by atoms with Crippen molar-refractivity contribution in [1.82, 2.24) is 14.1 Å². The van der Waals surface area contributed by atoms with Gasteiger partial charge in [0, 0.05) is 62.3 Å². The number of carbonyl (C=O) groups excluding carboxylic acids is 1. The number of nitrogens with zero attached hydrogens (tertiary/aromatic N) is 3. The number of sulfonamides is 1. The summed E-state index contributed by atoms with van der Waals surface area (Å²) < 4.78 is 41.1. The van der Waals surface area contributed by atoms with E-state index in [1.807, 2.05) is 23.1 Å². The molecule has 2 heterocycles. The second-order valence-corrected chi connectivity index (χ2v) is 11.1. The van der Waals surface area contributed by atoms with Crippen LogP contribution in [0.2, 0.25) is 5.02 Å². The third kappa shape index (κ3) is 5.93. The molecule has 2 saturated heterocycles. The first-order chi connectivity index (χ1) is 15.8. The first-order valence-corrected chi connectivity index (χ1v) is 13.3. The van der Waals surface area contributed by atoms with Crippen molar-refractivity contribution >= 4 is 27.5 Å². The highest BCUT2D eigenvalue weighted by Crippen LogP contribution is 2.27. The molecular weight excluding hydrogens is 465 g/mol. The Morgan fingerprint density at radius 3 is 2.24 bits per heavy atom. The van der Waals surface area contributed by atoms with E-state index in [1.54, 1.807) is 0 Å². The van der Waals surface area contributed by atoms with Crippen molar-refractivity contribution in [3.05, 3.63) is 70.5 Å². The van der Waals surface area contributed by atoms with Gasteiger partial charge in [-0.1, -0.05) is 48.0 Å². The number of benzene rings is 2. The van der Waals surface area contributed by atoms with Crippen LogP contribution in [0.15, 0.2) is 48.5 Å². The summed E-state index contributed by atoms with van der Waals surface area (Å²) in [4.78, 5) is 17.3. The number of hydrogen-bond donors (Lipinski definition) is 0. The third-order valence-corrected chi connectivity index (χ3v) is 8.68. The highest BCUT2D eigenvalue weighted by atomic mass is 35.5.